The van der Waals surface area contributed by atoms with E-state index in [0.717, 1.165) is 21.3 Å². The fourth-order valence-corrected chi connectivity index (χ4v) is 3.05. The van der Waals surface area contributed by atoms with Gasteiger partial charge in [-0.1, -0.05) is 39.7 Å². The van der Waals surface area contributed by atoms with E-state index in [2.05, 4.69) is 15.9 Å². The van der Waals surface area contributed by atoms with Crippen molar-refractivity contribution in [3.63, 3.8) is 0 Å². The summed E-state index contributed by atoms with van der Waals surface area (Å²) < 4.78 is 0.903. The van der Waals surface area contributed by atoms with Gasteiger partial charge in [0.15, 0.2) is 0 Å². The first-order valence-corrected chi connectivity index (χ1v) is 7.34. The smallest absolute Gasteiger partial charge is 0.231 e. The van der Waals surface area contributed by atoms with Gasteiger partial charge in [0.05, 0.1) is 13.0 Å². The van der Waals surface area contributed by atoms with Crippen LogP contribution in [-0.2, 0) is 17.8 Å². The monoisotopic (exact) mass is 350 g/mol. The number of carbonyl (C=O) groups is 1. The van der Waals surface area contributed by atoms with E-state index in [4.69, 9.17) is 17.3 Å². The Morgan fingerprint density at radius 1 is 1.25 bits per heavy atom. The summed E-state index contributed by atoms with van der Waals surface area (Å²) in [5.74, 6) is 0.0889. The molecule has 2 aromatic rings. The third-order valence-electron chi connectivity index (χ3n) is 3.39. The Bertz CT molecular complexity index is 702. The van der Waals surface area contributed by atoms with Gasteiger partial charge in [-0.15, -0.1) is 0 Å². The lowest BCUT2D eigenvalue weighted by atomic mass is 10.1. The molecule has 20 heavy (non-hydrogen) atoms. The van der Waals surface area contributed by atoms with Crippen molar-refractivity contribution < 1.29 is 4.79 Å². The topological polar surface area (TPSA) is 46.3 Å². The van der Waals surface area contributed by atoms with E-state index in [1.54, 1.807) is 4.90 Å². The van der Waals surface area contributed by atoms with E-state index < -0.39 is 0 Å². The maximum atomic E-state index is 12.2. The third-order valence-corrected chi connectivity index (χ3v) is 4.36. The van der Waals surface area contributed by atoms with Crippen molar-refractivity contribution in [3.8, 4) is 0 Å². The number of nitrogens with two attached hydrogens (primary N) is 1. The zero-order chi connectivity index (χ0) is 14.3. The van der Waals surface area contributed by atoms with Crippen LogP contribution in [0.2, 0.25) is 5.02 Å². The molecule has 1 aliphatic heterocycles. The van der Waals surface area contributed by atoms with Crippen LogP contribution < -0.4 is 10.6 Å². The molecule has 2 N–H and O–H groups in total. The van der Waals surface area contributed by atoms with Crippen LogP contribution in [0.3, 0.4) is 0 Å². The largest absolute Gasteiger partial charge is 0.399 e. The minimum Gasteiger partial charge on any atom is -0.399 e. The van der Waals surface area contributed by atoms with Crippen molar-refractivity contribution in [1.82, 2.24) is 0 Å². The molecule has 0 unspecified atom stereocenters. The predicted molar refractivity (Wildman–Crippen MR) is 84.9 cm³/mol. The molecule has 0 atom stereocenters. The first-order valence-electron chi connectivity index (χ1n) is 6.17. The van der Waals surface area contributed by atoms with E-state index in [-0.39, 0.29) is 5.91 Å². The highest BCUT2D eigenvalue weighted by Gasteiger charge is 2.27. The number of fused-ring (bicyclic) bond motifs is 1. The van der Waals surface area contributed by atoms with E-state index in [1.807, 2.05) is 36.4 Å². The van der Waals surface area contributed by atoms with Crippen molar-refractivity contribution in [2.45, 2.75) is 13.0 Å². The second-order valence-electron chi connectivity index (χ2n) is 4.78. The lowest BCUT2D eigenvalue weighted by Crippen LogP contribution is -2.26. The van der Waals surface area contributed by atoms with Gasteiger partial charge in [0.25, 0.3) is 0 Å². The molecule has 0 aromatic heterocycles. The molecule has 3 nitrogen and oxygen atoms in total. The van der Waals surface area contributed by atoms with Crippen molar-refractivity contribution in [2.75, 3.05) is 10.6 Å². The zero-order valence-corrected chi connectivity index (χ0v) is 12.9. The Morgan fingerprint density at radius 3 is 2.80 bits per heavy atom. The second kappa shape index (κ2) is 5.11. The van der Waals surface area contributed by atoms with E-state index >= 15 is 0 Å². The van der Waals surface area contributed by atoms with Gasteiger partial charge < -0.3 is 10.6 Å². The van der Waals surface area contributed by atoms with Crippen LogP contribution in [0, 0.1) is 0 Å². The maximum Gasteiger partial charge on any atom is 0.231 e. The molecule has 1 amide bonds. The normalized spacial score (nSPS) is 13.7. The summed E-state index contributed by atoms with van der Waals surface area (Å²) >= 11 is 9.51. The van der Waals surface area contributed by atoms with E-state index in [0.29, 0.717) is 23.7 Å². The van der Waals surface area contributed by atoms with Crippen LogP contribution >= 0.6 is 27.5 Å². The fraction of sp³-hybridized carbons (Fsp3) is 0.133. The van der Waals surface area contributed by atoms with Gasteiger partial charge in [0.2, 0.25) is 5.91 Å². The van der Waals surface area contributed by atoms with E-state index in [9.17, 15) is 4.79 Å². The van der Waals surface area contributed by atoms with Crippen LogP contribution in [0.15, 0.2) is 40.9 Å². The third kappa shape index (κ3) is 2.41. The van der Waals surface area contributed by atoms with Crippen molar-refractivity contribution in [1.29, 1.82) is 0 Å². The number of hydrogen-bond acceptors (Lipinski definition) is 2. The number of nitrogen functional groups attached to an aromatic ring is 1. The summed E-state index contributed by atoms with van der Waals surface area (Å²) in [6.45, 7) is 0.507. The molecule has 0 aliphatic carbocycles. The summed E-state index contributed by atoms with van der Waals surface area (Å²) in [6.07, 6.45) is 0.430. The molecule has 0 fully saturated rings. The standard InChI is InChI=1S/C15H12BrClN2O/c16-13-7-12(18)4-2-10(13)8-19-14-6-11(17)3-1-9(14)5-15(19)20/h1-4,6-7H,5,8,18H2. The maximum absolute atomic E-state index is 12.2. The van der Waals surface area contributed by atoms with E-state index in [1.165, 1.54) is 0 Å². The minimum absolute atomic E-state index is 0.0889. The average molecular weight is 352 g/mol. The molecule has 3 rings (SSSR count). The summed E-state index contributed by atoms with van der Waals surface area (Å²) in [4.78, 5) is 13.9. The fourth-order valence-electron chi connectivity index (χ4n) is 2.37. The number of anilines is 2. The first kappa shape index (κ1) is 13.5. The number of benzene rings is 2. The Balaban J connectivity index is 1.95. The average Bonchev–Trinajstić information content (AvgIpc) is 2.69. The molecular formula is C15H12BrClN2O. The van der Waals surface area contributed by atoms with Gasteiger partial charge in [-0.25, -0.2) is 0 Å². The van der Waals surface area contributed by atoms with Gasteiger partial charge in [0.1, 0.15) is 0 Å². The van der Waals surface area contributed by atoms with Crippen molar-refractivity contribution in [2.24, 2.45) is 0 Å². The first-order chi connectivity index (χ1) is 9.54. The van der Waals surface area contributed by atoms with Crippen molar-refractivity contribution >= 4 is 44.8 Å². The minimum atomic E-state index is 0.0889. The Labute approximate surface area is 130 Å². The summed E-state index contributed by atoms with van der Waals surface area (Å²) in [6, 6.07) is 11.2. The molecule has 0 radical (unpaired) electrons. The molecule has 0 saturated carbocycles. The Kier molecular flexibility index (Phi) is 3.44. The molecule has 0 bridgehead atoms. The number of hydrogen-bond donors (Lipinski definition) is 1. The molecule has 1 heterocycles. The van der Waals surface area contributed by atoms with Crippen molar-refractivity contribution in [3.05, 3.63) is 57.0 Å². The van der Waals surface area contributed by atoms with Gasteiger partial charge in [0, 0.05) is 20.9 Å². The quantitative estimate of drug-likeness (QED) is 0.837. The van der Waals surface area contributed by atoms with Crippen LogP contribution in [0.4, 0.5) is 11.4 Å². The van der Waals surface area contributed by atoms with Crippen LogP contribution in [0.5, 0.6) is 0 Å². The lowest BCUT2D eigenvalue weighted by molar-refractivity contribution is -0.117. The summed E-state index contributed by atoms with van der Waals surface area (Å²) in [5.41, 5.74) is 9.35. The number of halogens is 2. The highest BCUT2D eigenvalue weighted by molar-refractivity contribution is 9.10. The Morgan fingerprint density at radius 2 is 2.05 bits per heavy atom. The molecule has 5 heteroatoms. The molecule has 0 saturated heterocycles. The molecule has 2 aromatic carbocycles. The predicted octanol–water partition coefficient (Wildman–Crippen LogP) is 3.77. The number of carbonyl (C=O) groups excluding carboxylic acids is 1. The van der Waals surface area contributed by atoms with Gasteiger partial charge in [-0.05, 0) is 35.4 Å². The van der Waals surface area contributed by atoms with Crippen LogP contribution in [0.25, 0.3) is 0 Å². The zero-order valence-electron chi connectivity index (χ0n) is 10.6. The number of nitrogens with zero attached hydrogens (tertiary/aromatic N) is 1. The molecule has 0 spiro atoms. The van der Waals surface area contributed by atoms with Gasteiger partial charge >= 0.3 is 0 Å². The Hall–Kier alpha value is -1.52. The molecular weight excluding hydrogens is 340 g/mol. The second-order valence-corrected chi connectivity index (χ2v) is 6.07. The molecule has 1 aliphatic rings. The highest BCUT2D eigenvalue weighted by atomic mass is 79.9. The highest BCUT2D eigenvalue weighted by Crippen LogP contribution is 2.33. The van der Waals surface area contributed by atoms with Crippen LogP contribution in [0.1, 0.15) is 11.1 Å². The van der Waals surface area contributed by atoms with Gasteiger partial charge in [-0.3, -0.25) is 4.79 Å². The summed E-state index contributed by atoms with van der Waals surface area (Å²) in [7, 11) is 0. The van der Waals surface area contributed by atoms with Crippen LogP contribution in [-0.4, -0.2) is 5.91 Å². The SMILES string of the molecule is Nc1ccc(CN2C(=O)Cc3ccc(Cl)cc32)c(Br)c1. The lowest BCUT2D eigenvalue weighted by Gasteiger charge is -2.19. The molecule has 102 valence electrons. The summed E-state index contributed by atoms with van der Waals surface area (Å²) in [5, 5.41) is 0.639. The number of rotatable bonds is 2. The van der Waals surface area contributed by atoms with Gasteiger partial charge in [-0.2, -0.15) is 0 Å². The number of amides is 1.